The van der Waals surface area contributed by atoms with Gasteiger partial charge in [0, 0.05) is 37.4 Å². The Labute approximate surface area is 132 Å². The number of likely N-dealkylation sites (N-methyl/N-ethyl adjacent to an activating group) is 1. The van der Waals surface area contributed by atoms with E-state index in [1.807, 2.05) is 0 Å². The summed E-state index contributed by atoms with van der Waals surface area (Å²) in [5, 5.41) is 10.6. The van der Waals surface area contributed by atoms with Crippen molar-refractivity contribution >= 4 is 17.7 Å². The second-order valence-corrected chi connectivity index (χ2v) is 4.97. The molecule has 2 aromatic rings. The molecule has 0 saturated carbocycles. The minimum Gasteiger partial charge on any atom is -0.338 e. The average molecular weight is 314 g/mol. The molecule has 0 atom stereocenters. The third kappa shape index (κ3) is 4.47. The molecule has 118 valence electrons. The van der Waals surface area contributed by atoms with Gasteiger partial charge in [0.25, 0.3) is 5.69 Å². The average Bonchev–Trinajstić information content (AvgIpc) is 2.55. The molecule has 0 aromatic heterocycles. The summed E-state index contributed by atoms with van der Waals surface area (Å²) in [5.74, 6) is -0.641. The van der Waals surface area contributed by atoms with Crippen molar-refractivity contribution in [3.05, 3.63) is 81.7 Å². The molecule has 0 saturated heterocycles. The monoisotopic (exact) mass is 314 g/mol. The third-order valence-corrected chi connectivity index (χ3v) is 3.26. The van der Waals surface area contributed by atoms with Gasteiger partial charge in [-0.3, -0.25) is 14.9 Å². The fourth-order valence-electron chi connectivity index (χ4n) is 1.96. The van der Waals surface area contributed by atoms with Gasteiger partial charge in [-0.15, -0.1) is 0 Å². The first kappa shape index (κ1) is 16.4. The van der Waals surface area contributed by atoms with Crippen LogP contribution in [-0.2, 0) is 11.3 Å². The summed E-state index contributed by atoms with van der Waals surface area (Å²) in [7, 11) is 1.58. The Morgan fingerprint density at radius 3 is 2.48 bits per heavy atom. The number of nitro benzene ring substituents is 1. The lowest BCUT2D eigenvalue weighted by Crippen LogP contribution is -2.24. The van der Waals surface area contributed by atoms with Crippen LogP contribution in [0.5, 0.6) is 0 Å². The number of nitro groups is 1. The summed E-state index contributed by atoms with van der Waals surface area (Å²) in [6.45, 7) is 0.163. The summed E-state index contributed by atoms with van der Waals surface area (Å²) in [6.07, 6.45) is 2.91. The van der Waals surface area contributed by atoms with Crippen molar-refractivity contribution in [3.8, 4) is 0 Å². The number of hydrogen-bond acceptors (Lipinski definition) is 3. The van der Waals surface area contributed by atoms with Crippen LogP contribution in [0.2, 0.25) is 0 Å². The highest BCUT2D eigenvalue weighted by molar-refractivity contribution is 5.91. The number of carbonyl (C=O) groups is 1. The zero-order valence-electron chi connectivity index (χ0n) is 12.5. The summed E-state index contributed by atoms with van der Waals surface area (Å²) < 4.78 is 13.6. The van der Waals surface area contributed by atoms with E-state index >= 15 is 0 Å². The van der Waals surface area contributed by atoms with Gasteiger partial charge in [-0.1, -0.05) is 18.2 Å². The number of hydrogen-bond donors (Lipinski definition) is 0. The molecular weight excluding hydrogens is 299 g/mol. The van der Waals surface area contributed by atoms with Crippen LogP contribution in [0.1, 0.15) is 11.1 Å². The number of carbonyl (C=O) groups excluding carboxylic acids is 1. The molecule has 2 aromatic carbocycles. The first-order valence-electron chi connectivity index (χ1n) is 6.88. The van der Waals surface area contributed by atoms with Crippen molar-refractivity contribution in [2.75, 3.05) is 7.05 Å². The Morgan fingerprint density at radius 2 is 1.87 bits per heavy atom. The number of halogens is 1. The van der Waals surface area contributed by atoms with E-state index in [0.717, 1.165) is 0 Å². The van der Waals surface area contributed by atoms with Crippen LogP contribution in [0.3, 0.4) is 0 Å². The lowest BCUT2D eigenvalue weighted by atomic mass is 10.2. The molecule has 2 rings (SSSR count). The summed E-state index contributed by atoms with van der Waals surface area (Å²) in [5.41, 5.74) is 1.10. The van der Waals surface area contributed by atoms with E-state index in [9.17, 15) is 19.3 Å². The standard InChI is InChI=1S/C17H15FN2O3/c1-19(12-14-4-2-3-5-16(14)18)17(21)11-8-13-6-9-15(10-7-13)20(22)23/h2-11H,12H2,1H3/b11-8+. The van der Waals surface area contributed by atoms with Gasteiger partial charge < -0.3 is 4.90 Å². The Morgan fingerprint density at radius 1 is 1.22 bits per heavy atom. The molecule has 5 nitrogen and oxygen atoms in total. The second kappa shape index (κ2) is 7.31. The maximum Gasteiger partial charge on any atom is 0.269 e. The Kier molecular flexibility index (Phi) is 5.19. The van der Waals surface area contributed by atoms with Crippen LogP contribution in [0.4, 0.5) is 10.1 Å². The summed E-state index contributed by atoms with van der Waals surface area (Å²) >= 11 is 0. The predicted octanol–water partition coefficient (Wildman–Crippen LogP) is 3.41. The maximum absolute atomic E-state index is 13.6. The highest BCUT2D eigenvalue weighted by atomic mass is 19.1. The van der Waals surface area contributed by atoms with E-state index in [1.165, 1.54) is 29.2 Å². The predicted molar refractivity (Wildman–Crippen MR) is 85.0 cm³/mol. The minimum atomic E-state index is -0.485. The maximum atomic E-state index is 13.6. The van der Waals surface area contributed by atoms with Gasteiger partial charge in [0.1, 0.15) is 5.82 Å². The van der Waals surface area contributed by atoms with E-state index in [1.54, 1.807) is 43.5 Å². The molecule has 1 amide bonds. The van der Waals surface area contributed by atoms with E-state index in [2.05, 4.69) is 0 Å². The molecule has 23 heavy (non-hydrogen) atoms. The van der Waals surface area contributed by atoms with Crippen LogP contribution in [-0.4, -0.2) is 22.8 Å². The van der Waals surface area contributed by atoms with Crippen molar-refractivity contribution < 1.29 is 14.1 Å². The van der Waals surface area contributed by atoms with Crippen molar-refractivity contribution in [2.45, 2.75) is 6.54 Å². The number of amides is 1. The molecule has 0 aliphatic rings. The molecule has 0 radical (unpaired) electrons. The Bertz CT molecular complexity index is 742. The Hall–Kier alpha value is -3.02. The highest BCUT2D eigenvalue weighted by Crippen LogP contribution is 2.13. The van der Waals surface area contributed by atoms with E-state index in [0.29, 0.717) is 11.1 Å². The van der Waals surface area contributed by atoms with Crippen molar-refractivity contribution in [1.29, 1.82) is 0 Å². The van der Waals surface area contributed by atoms with Gasteiger partial charge in [-0.05, 0) is 29.8 Å². The molecular formula is C17H15FN2O3. The zero-order chi connectivity index (χ0) is 16.8. The quantitative estimate of drug-likeness (QED) is 0.482. The smallest absolute Gasteiger partial charge is 0.269 e. The summed E-state index contributed by atoms with van der Waals surface area (Å²) in [4.78, 5) is 23.5. The molecule has 0 aliphatic carbocycles. The van der Waals surface area contributed by atoms with Crippen molar-refractivity contribution in [2.24, 2.45) is 0 Å². The van der Waals surface area contributed by atoms with Gasteiger partial charge >= 0.3 is 0 Å². The van der Waals surface area contributed by atoms with Gasteiger partial charge in [0.15, 0.2) is 0 Å². The zero-order valence-corrected chi connectivity index (χ0v) is 12.5. The Balaban J connectivity index is 2.00. The third-order valence-electron chi connectivity index (χ3n) is 3.26. The number of rotatable bonds is 5. The van der Waals surface area contributed by atoms with E-state index < -0.39 is 4.92 Å². The molecule has 0 aliphatic heterocycles. The van der Waals surface area contributed by atoms with Crippen LogP contribution in [0.25, 0.3) is 6.08 Å². The normalized spacial score (nSPS) is 10.7. The van der Waals surface area contributed by atoms with Crippen LogP contribution < -0.4 is 0 Å². The summed E-state index contributed by atoms with van der Waals surface area (Å²) in [6, 6.07) is 12.1. The van der Waals surface area contributed by atoms with Crippen LogP contribution in [0.15, 0.2) is 54.6 Å². The molecule has 0 unspecified atom stereocenters. The van der Waals surface area contributed by atoms with E-state index in [-0.39, 0.29) is 24.0 Å². The largest absolute Gasteiger partial charge is 0.338 e. The van der Waals surface area contributed by atoms with Crippen LogP contribution in [0, 0.1) is 15.9 Å². The fraction of sp³-hybridized carbons (Fsp3) is 0.118. The van der Waals surface area contributed by atoms with Crippen molar-refractivity contribution in [3.63, 3.8) is 0 Å². The van der Waals surface area contributed by atoms with Gasteiger partial charge in [0.2, 0.25) is 5.91 Å². The molecule has 0 bridgehead atoms. The first-order chi connectivity index (χ1) is 11.0. The fourth-order valence-corrected chi connectivity index (χ4v) is 1.96. The number of nitrogens with zero attached hydrogens (tertiary/aromatic N) is 2. The molecule has 0 heterocycles. The topological polar surface area (TPSA) is 63.5 Å². The minimum absolute atomic E-state index is 0.00912. The lowest BCUT2D eigenvalue weighted by molar-refractivity contribution is -0.384. The van der Waals surface area contributed by atoms with E-state index in [4.69, 9.17) is 0 Å². The van der Waals surface area contributed by atoms with Gasteiger partial charge in [-0.25, -0.2) is 4.39 Å². The second-order valence-electron chi connectivity index (χ2n) is 4.97. The lowest BCUT2D eigenvalue weighted by Gasteiger charge is -2.15. The van der Waals surface area contributed by atoms with Crippen molar-refractivity contribution in [1.82, 2.24) is 4.90 Å². The number of benzene rings is 2. The highest BCUT2D eigenvalue weighted by Gasteiger charge is 2.09. The molecule has 6 heteroatoms. The SMILES string of the molecule is CN(Cc1ccccc1F)C(=O)/C=C/c1ccc([N+](=O)[O-])cc1. The van der Waals surface area contributed by atoms with Crippen LogP contribution >= 0.6 is 0 Å². The first-order valence-corrected chi connectivity index (χ1v) is 6.88. The molecule has 0 spiro atoms. The number of non-ortho nitro benzene ring substituents is 1. The van der Waals surface area contributed by atoms with Gasteiger partial charge in [0.05, 0.1) is 4.92 Å². The molecule has 0 N–H and O–H groups in total. The van der Waals surface area contributed by atoms with Gasteiger partial charge in [-0.2, -0.15) is 0 Å². The molecule has 0 fully saturated rings.